The van der Waals surface area contributed by atoms with Crippen molar-refractivity contribution >= 4 is 50.6 Å². The molecule has 3 aromatic carbocycles. The molecule has 1 N–H and O–H groups in total. The first-order chi connectivity index (χ1) is 17.5. The Hall–Kier alpha value is -3.61. The van der Waals surface area contributed by atoms with Crippen LogP contribution in [0.25, 0.3) is 32.6 Å². The van der Waals surface area contributed by atoms with Crippen molar-refractivity contribution in [2.45, 2.75) is 19.3 Å². The Kier molecular flexibility index (Phi) is 5.78. The molecule has 1 amide bonds. The van der Waals surface area contributed by atoms with Crippen molar-refractivity contribution < 1.29 is 4.79 Å². The van der Waals surface area contributed by atoms with Gasteiger partial charge >= 0.3 is 0 Å². The Labute approximate surface area is 219 Å². The van der Waals surface area contributed by atoms with Crippen LogP contribution in [0.4, 0.5) is 11.4 Å². The van der Waals surface area contributed by atoms with Gasteiger partial charge in [-0.3, -0.25) is 9.69 Å². The highest BCUT2D eigenvalue weighted by atomic mass is 32.2. The summed E-state index contributed by atoms with van der Waals surface area (Å²) >= 11 is 3.08. The number of benzene rings is 3. The summed E-state index contributed by atoms with van der Waals surface area (Å²) in [6.45, 7) is 4.13. The van der Waals surface area contributed by atoms with E-state index in [1.165, 1.54) is 16.9 Å². The van der Waals surface area contributed by atoms with Crippen LogP contribution in [0.5, 0.6) is 0 Å². The van der Waals surface area contributed by atoms with Crippen molar-refractivity contribution in [3.8, 4) is 22.4 Å². The maximum Gasteiger partial charge on any atom is 0.272 e. The second-order valence-electron chi connectivity index (χ2n) is 9.02. The zero-order valence-electron chi connectivity index (χ0n) is 20.3. The molecule has 0 saturated carbocycles. The number of carbonyl (C=O) groups is 1. The number of carbonyl (C=O) groups excluding carboxylic acids is 1. The summed E-state index contributed by atoms with van der Waals surface area (Å²) in [6, 6.07) is 29.1. The van der Waals surface area contributed by atoms with E-state index in [-0.39, 0.29) is 11.4 Å². The number of aryl methyl sites for hydroxylation is 2. The Bertz CT molecular complexity index is 1590. The van der Waals surface area contributed by atoms with E-state index in [9.17, 15) is 4.79 Å². The summed E-state index contributed by atoms with van der Waals surface area (Å²) < 4.78 is 0. The van der Waals surface area contributed by atoms with Gasteiger partial charge in [0.25, 0.3) is 5.91 Å². The van der Waals surface area contributed by atoms with E-state index in [2.05, 4.69) is 72.9 Å². The lowest BCUT2D eigenvalue weighted by molar-refractivity contribution is 0.0987. The average Bonchev–Trinajstić information content (AvgIpc) is 3.28. The number of nitrogens with one attached hydrogen (secondary N) is 1. The molecular weight excluding hydrogens is 482 g/mol. The van der Waals surface area contributed by atoms with Gasteiger partial charge in [0.1, 0.15) is 9.71 Å². The molecule has 2 aromatic heterocycles. The van der Waals surface area contributed by atoms with E-state index in [4.69, 9.17) is 4.98 Å². The van der Waals surface area contributed by atoms with Crippen molar-refractivity contribution in [2.75, 3.05) is 16.5 Å². The van der Waals surface area contributed by atoms with E-state index in [1.807, 2.05) is 42.3 Å². The molecule has 3 heterocycles. The first-order valence-corrected chi connectivity index (χ1v) is 13.9. The predicted molar refractivity (Wildman–Crippen MR) is 154 cm³/mol. The van der Waals surface area contributed by atoms with Gasteiger partial charge in [0.2, 0.25) is 0 Å². The Morgan fingerprint density at radius 3 is 2.39 bits per heavy atom. The minimum Gasteiger partial charge on any atom is -0.354 e. The van der Waals surface area contributed by atoms with Crippen molar-refractivity contribution in [2.24, 2.45) is 0 Å². The summed E-state index contributed by atoms with van der Waals surface area (Å²) in [6.07, 6.45) is 2.03. The van der Waals surface area contributed by atoms with Crippen LogP contribution in [0.2, 0.25) is 0 Å². The van der Waals surface area contributed by atoms with Crippen LogP contribution in [0.1, 0.15) is 20.8 Å². The van der Waals surface area contributed by atoms with Crippen molar-refractivity contribution in [1.82, 2.24) is 4.98 Å². The molecule has 1 aliphatic heterocycles. The summed E-state index contributed by atoms with van der Waals surface area (Å²) in [4.78, 5) is 22.4. The maximum atomic E-state index is 14.0. The second kappa shape index (κ2) is 9.12. The first kappa shape index (κ1) is 22.8. The standard InChI is InChI=1S/C30H25N3OS2/c1-18-12-14-21(15-13-18)24-17-23(20-9-5-4-6-10-20)25-26-27(36-28(25)31-24)29(34)33(30(32-26)35-3)22-11-7-8-19(2)16-22/h4-17,30,32H,1-3H3. The van der Waals surface area contributed by atoms with Gasteiger partial charge < -0.3 is 5.32 Å². The molecule has 6 heteroatoms. The lowest BCUT2D eigenvalue weighted by atomic mass is 9.99. The molecule has 0 saturated heterocycles. The molecule has 1 unspecified atom stereocenters. The van der Waals surface area contributed by atoms with Crippen molar-refractivity contribution in [3.63, 3.8) is 0 Å². The zero-order chi connectivity index (χ0) is 24.8. The van der Waals surface area contributed by atoms with Gasteiger partial charge in [-0.2, -0.15) is 0 Å². The maximum absolute atomic E-state index is 14.0. The van der Waals surface area contributed by atoms with Crippen LogP contribution in [0.3, 0.4) is 0 Å². The summed E-state index contributed by atoms with van der Waals surface area (Å²) in [7, 11) is 0. The molecule has 36 heavy (non-hydrogen) atoms. The minimum atomic E-state index is -0.218. The number of nitrogens with zero attached hydrogens (tertiary/aromatic N) is 2. The zero-order valence-corrected chi connectivity index (χ0v) is 21.9. The minimum absolute atomic E-state index is 0.00703. The third-order valence-corrected chi connectivity index (χ3v) is 8.36. The molecule has 0 fully saturated rings. The second-order valence-corrected chi connectivity index (χ2v) is 10.9. The molecule has 6 rings (SSSR count). The van der Waals surface area contributed by atoms with E-state index in [0.29, 0.717) is 4.88 Å². The lowest BCUT2D eigenvalue weighted by Gasteiger charge is -2.35. The Morgan fingerprint density at radius 2 is 1.67 bits per heavy atom. The van der Waals surface area contributed by atoms with Gasteiger partial charge in [0, 0.05) is 16.6 Å². The molecule has 0 radical (unpaired) electrons. The third-order valence-electron chi connectivity index (χ3n) is 6.51. The van der Waals surface area contributed by atoms with E-state index in [1.54, 1.807) is 11.8 Å². The fourth-order valence-corrected chi connectivity index (χ4v) is 6.47. The Morgan fingerprint density at radius 1 is 0.889 bits per heavy atom. The van der Waals surface area contributed by atoms with Crippen LogP contribution < -0.4 is 10.2 Å². The van der Waals surface area contributed by atoms with Crippen LogP contribution in [-0.2, 0) is 0 Å². The molecule has 5 aromatic rings. The molecule has 178 valence electrons. The molecular formula is C30H25N3OS2. The normalized spacial score (nSPS) is 15.1. The number of rotatable bonds is 4. The van der Waals surface area contributed by atoms with Gasteiger partial charge in [-0.15, -0.1) is 23.1 Å². The van der Waals surface area contributed by atoms with Crippen LogP contribution in [0, 0.1) is 13.8 Å². The molecule has 4 nitrogen and oxygen atoms in total. The lowest BCUT2D eigenvalue weighted by Crippen LogP contribution is -2.46. The van der Waals surface area contributed by atoms with Gasteiger partial charge in [-0.25, -0.2) is 4.98 Å². The molecule has 0 aliphatic carbocycles. The predicted octanol–water partition coefficient (Wildman–Crippen LogP) is 7.97. The molecule has 0 spiro atoms. The van der Waals surface area contributed by atoms with Gasteiger partial charge in [-0.05, 0) is 55.0 Å². The number of anilines is 2. The highest BCUT2D eigenvalue weighted by molar-refractivity contribution is 7.99. The number of aromatic nitrogens is 1. The first-order valence-electron chi connectivity index (χ1n) is 11.8. The Balaban J connectivity index is 1.58. The summed E-state index contributed by atoms with van der Waals surface area (Å²) in [5.41, 5.74) is 8.05. The number of thiophene rings is 1. The summed E-state index contributed by atoms with van der Waals surface area (Å²) in [5, 5.41) is 4.69. The van der Waals surface area contributed by atoms with Gasteiger partial charge in [0.15, 0.2) is 5.50 Å². The fourth-order valence-electron chi connectivity index (χ4n) is 4.70. The van der Waals surface area contributed by atoms with Crippen LogP contribution >= 0.6 is 23.1 Å². The topological polar surface area (TPSA) is 45.2 Å². The third kappa shape index (κ3) is 3.87. The average molecular weight is 508 g/mol. The summed E-state index contributed by atoms with van der Waals surface area (Å²) in [5.74, 6) is 0.00703. The monoisotopic (exact) mass is 507 g/mol. The number of thioether (sulfide) groups is 1. The van der Waals surface area contributed by atoms with Crippen LogP contribution in [0.15, 0.2) is 84.9 Å². The SMILES string of the molecule is CSC1Nc2c(sc3nc(-c4ccc(C)cc4)cc(-c4ccccc4)c23)C(=O)N1c1cccc(C)c1. The molecule has 1 atom stereocenters. The number of amides is 1. The number of fused-ring (bicyclic) bond motifs is 3. The molecule has 1 aliphatic rings. The van der Waals surface area contributed by atoms with Gasteiger partial charge in [-0.1, -0.05) is 72.3 Å². The number of hydrogen-bond acceptors (Lipinski definition) is 5. The largest absolute Gasteiger partial charge is 0.354 e. The highest BCUT2D eigenvalue weighted by Crippen LogP contribution is 2.46. The molecule has 0 bridgehead atoms. The fraction of sp³-hybridized carbons (Fsp3) is 0.133. The van der Waals surface area contributed by atoms with Crippen molar-refractivity contribution in [1.29, 1.82) is 0 Å². The smallest absolute Gasteiger partial charge is 0.272 e. The van der Waals surface area contributed by atoms with E-state index in [0.717, 1.165) is 49.5 Å². The number of hydrogen-bond donors (Lipinski definition) is 1. The quantitative estimate of drug-likeness (QED) is 0.268. The number of pyridine rings is 1. The van der Waals surface area contributed by atoms with Crippen LogP contribution in [-0.4, -0.2) is 22.6 Å². The van der Waals surface area contributed by atoms with E-state index < -0.39 is 0 Å². The highest BCUT2D eigenvalue weighted by Gasteiger charge is 2.36. The van der Waals surface area contributed by atoms with E-state index >= 15 is 0 Å². The van der Waals surface area contributed by atoms with Crippen molar-refractivity contribution in [3.05, 3.63) is 101 Å². The van der Waals surface area contributed by atoms with Gasteiger partial charge in [0.05, 0.1) is 11.4 Å².